The lowest BCUT2D eigenvalue weighted by Crippen LogP contribution is -2.32. The number of anilines is 1. The van der Waals surface area contributed by atoms with Crippen LogP contribution in [0.4, 0.5) is 5.69 Å². The van der Waals surface area contributed by atoms with E-state index in [1.54, 1.807) is 41.3 Å². The number of benzene rings is 4. The summed E-state index contributed by atoms with van der Waals surface area (Å²) in [7, 11) is -1.12. The zero-order chi connectivity index (χ0) is 31.0. The van der Waals surface area contributed by atoms with E-state index in [1.165, 1.54) is 38.5 Å². The molecule has 4 rings (SSSR count). The third-order valence-electron chi connectivity index (χ3n) is 6.98. The molecule has 10 heteroatoms. The molecule has 0 unspecified atom stereocenters. The Balaban J connectivity index is 1.61. The smallest absolute Gasteiger partial charge is 0.337 e. The molecule has 0 saturated heterocycles. The van der Waals surface area contributed by atoms with E-state index in [9.17, 15) is 23.1 Å². The monoisotopic (exact) mass is 602 g/mol. The standard InChI is InChI=1S/C33H34N2O7S/c1-23-29(41-2)20-26(21-30(23)42-3)32(36)35(18-10-14-24-11-5-4-6-12-24)22-25-13-9-15-27(19-25)34-43(39,40)31-17-8-7-16-28(31)33(37)38/h4-9,11-13,15-17,19-21,34H,10,14,18,22H2,1-3H3,(H,37,38). The van der Waals surface area contributed by atoms with E-state index < -0.39 is 16.0 Å². The summed E-state index contributed by atoms with van der Waals surface area (Å²) in [6.45, 7) is 2.49. The zero-order valence-electron chi connectivity index (χ0n) is 24.2. The molecule has 0 aromatic heterocycles. The number of carbonyl (C=O) groups is 2. The van der Waals surface area contributed by atoms with E-state index in [2.05, 4.69) is 4.72 Å². The van der Waals surface area contributed by atoms with Gasteiger partial charge in [-0.25, -0.2) is 13.2 Å². The number of carboxylic acid groups (broad SMARTS) is 1. The molecule has 4 aromatic rings. The fourth-order valence-electron chi connectivity index (χ4n) is 4.80. The number of aryl methyl sites for hydroxylation is 1. The van der Waals surface area contributed by atoms with Crippen LogP contribution < -0.4 is 14.2 Å². The van der Waals surface area contributed by atoms with Gasteiger partial charge < -0.3 is 19.5 Å². The Labute approximate surface area is 251 Å². The van der Waals surface area contributed by atoms with E-state index in [-0.39, 0.29) is 28.6 Å². The highest BCUT2D eigenvalue weighted by molar-refractivity contribution is 7.92. The van der Waals surface area contributed by atoms with Crippen LogP contribution in [0.5, 0.6) is 11.5 Å². The van der Waals surface area contributed by atoms with Gasteiger partial charge in [0.1, 0.15) is 16.4 Å². The van der Waals surface area contributed by atoms with Gasteiger partial charge in [-0.05, 0) is 67.3 Å². The fraction of sp³-hybridized carbons (Fsp3) is 0.212. The van der Waals surface area contributed by atoms with Crippen molar-refractivity contribution >= 4 is 27.6 Å². The fourth-order valence-corrected chi connectivity index (χ4v) is 6.05. The SMILES string of the molecule is COc1cc(C(=O)N(CCCc2ccccc2)Cc2cccc(NS(=O)(=O)c3ccccc3C(=O)O)c2)cc(OC)c1C. The number of nitrogens with one attached hydrogen (secondary N) is 1. The van der Waals surface area contributed by atoms with Crippen molar-refractivity contribution in [3.63, 3.8) is 0 Å². The van der Waals surface area contributed by atoms with Crippen molar-refractivity contribution in [2.24, 2.45) is 0 Å². The topological polar surface area (TPSA) is 122 Å². The van der Waals surface area contributed by atoms with Crippen LogP contribution in [0.2, 0.25) is 0 Å². The summed E-state index contributed by atoms with van der Waals surface area (Å²) in [5.41, 5.74) is 2.94. The highest BCUT2D eigenvalue weighted by atomic mass is 32.2. The molecule has 9 nitrogen and oxygen atoms in total. The molecule has 0 radical (unpaired) electrons. The lowest BCUT2D eigenvalue weighted by Gasteiger charge is -2.24. The average Bonchev–Trinajstić information content (AvgIpc) is 3.01. The van der Waals surface area contributed by atoms with Crippen LogP contribution in [0.1, 0.15) is 43.8 Å². The molecule has 0 heterocycles. The summed E-state index contributed by atoms with van der Waals surface area (Å²) in [6.07, 6.45) is 1.47. The van der Waals surface area contributed by atoms with Gasteiger partial charge in [-0.2, -0.15) is 0 Å². The number of carbonyl (C=O) groups excluding carboxylic acids is 1. The van der Waals surface area contributed by atoms with E-state index in [0.29, 0.717) is 35.6 Å². The molecule has 224 valence electrons. The first-order valence-electron chi connectivity index (χ1n) is 13.6. The molecule has 0 saturated carbocycles. The molecule has 0 aliphatic rings. The molecule has 0 fully saturated rings. The van der Waals surface area contributed by atoms with Crippen molar-refractivity contribution in [1.29, 1.82) is 0 Å². The Bertz CT molecular complexity index is 1680. The molecule has 0 aliphatic carbocycles. The second kappa shape index (κ2) is 13.9. The largest absolute Gasteiger partial charge is 0.496 e. The minimum atomic E-state index is -4.20. The van der Waals surface area contributed by atoms with Crippen LogP contribution in [0.25, 0.3) is 0 Å². The third kappa shape index (κ3) is 7.72. The van der Waals surface area contributed by atoms with Crippen LogP contribution in [0.15, 0.2) is 95.9 Å². The number of carboxylic acids is 1. The molecule has 4 aromatic carbocycles. The lowest BCUT2D eigenvalue weighted by atomic mass is 10.1. The summed E-state index contributed by atoms with van der Waals surface area (Å²) in [5.74, 6) is -0.509. The van der Waals surface area contributed by atoms with E-state index in [4.69, 9.17) is 9.47 Å². The van der Waals surface area contributed by atoms with Gasteiger partial charge in [0, 0.05) is 29.9 Å². The first-order valence-corrected chi connectivity index (χ1v) is 15.1. The number of nitrogens with zero attached hydrogens (tertiary/aromatic N) is 1. The molecule has 0 spiro atoms. The minimum absolute atomic E-state index is 0.202. The van der Waals surface area contributed by atoms with Crippen molar-refractivity contribution in [2.45, 2.75) is 31.2 Å². The van der Waals surface area contributed by atoms with Crippen LogP contribution in [0, 0.1) is 6.92 Å². The molecule has 2 N–H and O–H groups in total. The van der Waals surface area contributed by atoms with Crippen molar-refractivity contribution in [3.05, 3.63) is 119 Å². The van der Waals surface area contributed by atoms with E-state index in [1.807, 2.05) is 37.3 Å². The predicted molar refractivity (Wildman–Crippen MR) is 164 cm³/mol. The Morgan fingerprint density at radius 3 is 2.12 bits per heavy atom. The molecular weight excluding hydrogens is 568 g/mol. The summed E-state index contributed by atoms with van der Waals surface area (Å²) in [6, 6.07) is 25.5. The van der Waals surface area contributed by atoms with Gasteiger partial charge in [-0.3, -0.25) is 9.52 Å². The zero-order valence-corrected chi connectivity index (χ0v) is 25.1. The summed E-state index contributed by atoms with van der Waals surface area (Å²) in [5, 5.41) is 9.46. The van der Waals surface area contributed by atoms with E-state index in [0.717, 1.165) is 17.5 Å². The molecule has 0 aliphatic heterocycles. The van der Waals surface area contributed by atoms with Crippen LogP contribution in [0.3, 0.4) is 0 Å². The van der Waals surface area contributed by atoms with Crippen LogP contribution in [-0.4, -0.2) is 51.1 Å². The van der Waals surface area contributed by atoms with Gasteiger partial charge in [-0.15, -0.1) is 0 Å². The maximum Gasteiger partial charge on any atom is 0.337 e. The van der Waals surface area contributed by atoms with Crippen LogP contribution in [-0.2, 0) is 23.0 Å². The molecule has 0 atom stereocenters. The van der Waals surface area contributed by atoms with Gasteiger partial charge in [-0.1, -0.05) is 54.6 Å². The summed E-state index contributed by atoms with van der Waals surface area (Å²) in [4.78, 5) is 26.9. The van der Waals surface area contributed by atoms with Crippen molar-refractivity contribution in [3.8, 4) is 11.5 Å². The molecule has 0 bridgehead atoms. The van der Waals surface area contributed by atoms with Crippen molar-refractivity contribution < 1.29 is 32.6 Å². The molecule has 43 heavy (non-hydrogen) atoms. The third-order valence-corrected chi connectivity index (χ3v) is 8.42. The van der Waals surface area contributed by atoms with Gasteiger partial charge in [0.25, 0.3) is 15.9 Å². The summed E-state index contributed by atoms with van der Waals surface area (Å²) < 4.78 is 39.7. The predicted octanol–water partition coefficient (Wildman–Crippen LogP) is 5.79. The Hall–Kier alpha value is -4.83. The Kier molecular flexibility index (Phi) is 10.0. The Morgan fingerprint density at radius 2 is 1.47 bits per heavy atom. The maximum atomic E-state index is 13.9. The van der Waals surface area contributed by atoms with E-state index >= 15 is 0 Å². The van der Waals surface area contributed by atoms with Gasteiger partial charge in [0.2, 0.25) is 0 Å². The minimum Gasteiger partial charge on any atom is -0.496 e. The highest BCUT2D eigenvalue weighted by Crippen LogP contribution is 2.30. The van der Waals surface area contributed by atoms with Gasteiger partial charge >= 0.3 is 5.97 Å². The number of hydrogen-bond donors (Lipinski definition) is 2. The van der Waals surface area contributed by atoms with Crippen molar-refractivity contribution in [2.75, 3.05) is 25.5 Å². The number of hydrogen-bond acceptors (Lipinski definition) is 6. The molecule has 1 amide bonds. The quantitative estimate of drug-likeness (QED) is 0.199. The Morgan fingerprint density at radius 1 is 0.837 bits per heavy atom. The van der Waals surface area contributed by atoms with Crippen molar-refractivity contribution in [1.82, 2.24) is 4.90 Å². The second-order valence-electron chi connectivity index (χ2n) is 9.93. The number of rotatable bonds is 13. The first kappa shape index (κ1) is 31.1. The highest BCUT2D eigenvalue weighted by Gasteiger charge is 2.23. The average molecular weight is 603 g/mol. The lowest BCUT2D eigenvalue weighted by molar-refractivity contribution is 0.0691. The van der Waals surface area contributed by atoms with Gasteiger partial charge in [0.05, 0.1) is 19.8 Å². The number of methoxy groups -OCH3 is 2. The molecular formula is C33H34N2O7S. The first-order chi connectivity index (χ1) is 20.6. The van der Waals surface area contributed by atoms with Crippen LogP contribution >= 0.6 is 0 Å². The maximum absolute atomic E-state index is 13.9. The normalized spacial score (nSPS) is 11.0. The second-order valence-corrected chi connectivity index (χ2v) is 11.6. The number of amides is 1. The number of ether oxygens (including phenoxy) is 2. The summed E-state index contributed by atoms with van der Waals surface area (Å²) >= 11 is 0. The number of aromatic carboxylic acids is 1. The van der Waals surface area contributed by atoms with Gasteiger partial charge in [0.15, 0.2) is 0 Å². The number of sulfonamides is 1.